The standard InChI is InChI=1S/C12H19NO2/c1-10-2-8-3-11(5-10,9(14)15)7-12(13,4-8)6-10/h8H,2-7,13H2,1H3,(H,14,15)/t8-,10+,11+,12-/m0/s1. The van der Waals surface area contributed by atoms with E-state index in [1.807, 2.05) is 0 Å². The summed E-state index contributed by atoms with van der Waals surface area (Å²) in [5.74, 6) is -0.0417. The van der Waals surface area contributed by atoms with Gasteiger partial charge in [-0.15, -0.1) is 0 Å². The second kappa shape index (κ2) is 2.40. The molecule has 84 valence electrons. The van der Waals surface area contributed by atoms with Crippen LogP contribution < -0.4 is 5.73 Å². The fraction of sp³-hybridized carbons (Fsp3) is 0.917. The monoisotopic (exact) mass is 209 g/mol. The number of nitrogens with two attached hydrogens (primary N) is 1. The van der Waals surface area contributed by atoms with Crippen molar-refractivity contribution in [3.05, 3.63) is 0 Å². The van der Waals surface area contributed by atoms with Gasteiger partial charge < -0.3 is 10.8 Å². The molecule has 4 aliphatic rings. The molecule has 3 heteroatoms. The lowest BCUT2D eigenvalue weighted by Gasteiger charge is -2.63. The minimum atomic E-state index is -0.604. The Morgan fingerprint density at radius 2 is 2.00 bits per heavy atom. The molecule has 4 aliphatic carbocycles. The van der Waals surface area contributed by atoms with E-state index in [1.54, 1.807) is 0 Å². The first-order valence-electron chi connectivity index (χ1n) is 5.87. The van der Waals surface area contributed by atoms with Gasteiger partial charge in [0.1, 0.15) is 0 Å². The topological polar surface area (TPSA) is 63.3 Å². The van der Waals surface area contributed by atoms with Crippen molar-refractivity contribution in [3.63, 3.8) is 0 Å². The Morgan fingerprint density at radius 3 is 2.53 bits per heavy atom. The zero-order valence-electron chi connectivity index (χ0n) is 9.25. The van der Waals surface area contributed by atoms with E-state index in [0.29, 0.717) is 12.3 Å². The predicted octanol–water partition coefficient (Wildman–Crippen LogP) is 1.76. The summed E-state index contributed by atoms with van der Waals surface area (Å²) in [6.07, 6.45) is 5.72. The molecule has 0 amide bonds. The molecular formula is C12H19NO2. The third-order valence-electron chi connectivity index (χ3n) is 4.84. The first-order chi connectivity index (χ1) is 6.85. The molecule has 0 aliphatic heterocycles. The Balaban J connectivity index is 2.05. The minimum absolute atomic E-state index is 0.174. The summed E-state index contributed by atoms with van der Waals surface area (Å²) in [7, 11) is 0. The van der Waals surface area contributed by atoms with Crippen LogP contribution in [0.15, 0.2) is 0 Å². The molecule has 0 aromatic heterocycles. The minimum Gasteiger partial charge on any atom is -0.481 e. The molecule has 0 aromatic rings. The highest BCUT2D eigenvalue weighted by Gasteiger charge is 2.63. The molecule has 0 spiro atoms. The van der Waals surface area contributed by atoms with Crippen LogP contribution in [0.1, 0.15) is 45.4 Å². The van der Waals surface area contributed by atoms with E-state index in [1.165, 1.54) is 6.42 Å². The maximum Gasteiger partial charge on any atom is 0.309 e. The van der Waals surface area contributed by atoms with E-state index in [2.05, 4.69) is 6.92 Å². The molecular weight excluding hydrogens is 190 g/mol. The van der Waals surface area contributed by atoms with Crippen LogP contribution in [0.2, 0.25) is 0 Å². The summed E-state index contributed by atoms with van der Waals surface area (Å²) in [5.41, 5.74) is 5.91. The molecule has 4 bridgehead atoms. The molecule has 0 radical (unpaired) electrons. The third-order valence-corrected chi connectivity index (χ3v) is 4.84. The Kier molecular flexibility index (Phi) is 1.54. The van der Waals surface area contributed by atoms with Crippen LogP contribution in [0.4, 0.5) is 0 Å². The van der Waals surface area contributed by atoms with Gasteiger partial charge in [-0.2, -0.15) is 0 Å². The molecule has 0 heterocycles. The van der Waals surface area contributed by atoms with Crippen LogP contribution in [0, 0.1) is 16.7 Å². The van der Waals surface area contributed by atoms with Crippen molar-refractivity contribution in [1.82, 2.24) is 0 Å². The number of carboxylic acid groups (broad SMARTS) is 1. The molecule has 3 nitrogen and oxygen atoms in total. The smallest absolute Gasteiger partial charge is 0.309 e. The highest BCUT2D eigenvalue weighted by Crippen LogP contribution is 2.65. The molecule has 15 heavy (non-hydrogen) atoms. The fourth-order valence-electron chi connectivity index (χ4n) is 5.24. The molecule has 4 fully saturated rings. The van der Waals surface area contributed by atoms with E-state index in [0.717, 1.165) is 25.7 Å². The highest BCUT2D eigenvalue weighted by atomic mass is 16.4. The second-order valence-electron chi connectivity index (χ2n) is 6.77. The maximum absolute atomic E-state index is 11.5. The van der Waals surface area contributed by atoms with Gasteiger partial charge in [-0.3, -0.25) is 4.79 Å². The second-order valence-corrected chi connectivity index (χ2v) is 6.77. The maximum atomic E-state index is 11.5. The lowest BCUT2D eigenvalue weighted by atomic mass is 9.42. The zero-order valence-corrected chi connectivity index (χ0v) is 9.25. The molecule has 4 rings (SSSR count). The van der Waals surface area contributed by atoms with Gasteiger partial charge >= 0.3 is 5.97 Å². The van der Waals surface area contributed by atoms with Gasteiger partial charge in [0.2, 0.25) is 0 Å². The third kappa shape index (κ3) is 1.19. The van der Waals surface area contributed by atoms with Crippen LogP contribution in [0.3, 0.4) is 0 Å². The Bertz CT molecular complexity index is 321. The van der Waals surface area contributed by atoms with Gasteiger partial charge in [-0.1, -0.05) is 6.92 Å². The van der Waals surface area contributed by atoms with Crippen LogP contribution >= 0.6 is 0 Å². The molecule has 3 N–H and O–H groups in total. The highest BCUT2D eigenvalue weighted by molar-refractivity contribution is 5.75. The van der Waals surface area contributed by atoms with E-state index < -0.39 is 11.4 Å². The summed E-state index contributed by atoms with van der Waals surface area (Å²) in [5, 5.41) is 9.45. The van der Waals surface area contributed by atoms with Crippen LogP contribution in [0.5, 0.6) is 0 Å². The lowest BCUT2D eigenvalue weighted by molar-refractivity contribution is -0.175. The van der Waals surface area contributed by atoms with E-state index >= 15 is 0 Å². The summed E-state index contributed by atoms with van der Waals surface area (Å²) in [6, 6.07) is 0. The molecule has 4 saturated carbocycles. The van der Waals surface area contributed by atoms with Gasteiger partial charge in [-0.25, -0.2) is 0 Å². The van der Waals surface area contributed by atoms with Crippen LogP contribution in [-0.2, 0) is 4.79 Å². The van der Waals surface area contributed by atoms with Crippen molar-refractivity contribution in [2.75, 3.05) is 0 Å². The first-order valence-corrected chi connectivity index (χ1v) is 5.87. The normalized spacial score (nSPS) is 57.1. The average Bonchev–Trinajstić information content (AvgIpc) is 1.95. The average molecular weight is 209 g/mol. The van der Waals surface area contributed by atoms with Gasteiger partial charge in [0.15, 0.2) is 0 Å². The van der Waals surface area contributed by atoms with Gasteiger partial charge in [-0.05, 0) is 49.9 Å². The molecule has 0 aromatic carbocycles. The predicted molar refractivity (Wildman–Crippen MR) is 56.3 cm³/mol. The Hall–Kier alpha value is -0.570. The Morgan fingerprint density at radius 1 is 1.27 bits per heavy atom. The largest absolute Gasteiger partial charge is 0.481 e. The number of rotatable bonds is 1. The van der Waals surface area contributed by atoms with Gasteiger partial charge in [0, 0.05) is 5.54 Å². The molecule has 0 unspecified atom stereocenters. The van der Waals surface area contributed by atoms with Crippen molar-refractivity contribution >= 4 is 5.97 Å². The molecule has 4 atom stereocenters. The number of carboxylic acids is 1. The summed E-state index contributed by atoms with van der Waals surface area (Å²) in [4.78, 5) is 11.5. The van der Waals surface area contributed by atoms with Crippen LogP contribution in [-0.4, -0.2) is 16.6 Å². The quantitative estimate of drug-likeness (QED) is 0.691. The van der Waals surface area contributed by atoms with Crippen molar-refractivity contribution in [1.29, 1.82) is 0 Å². The van der Waals surface area contributed by atoms with Crippen LogP contribution in [0.25, 0.3) is 0 Å². The Labute approximate surface area is 90.0 Å². The summed E-state index contributed by atoms with van der Waals surface area (Å²) >= 11 is 0. The number of carbonyl (C=O) groups is 1. The number of aliphatic carboxylic acids is 1. The van der Waals surface area contributed by atoms with Crippen molar-refractivity contribution < 1.29 is 9.90 Å². The van der Waals surface area contributed by atoms with Crippen molar-refractivity contribution in [2.45, 2.75) is 51.0 Å². The number of hydrogen-bond donors (Lipinski definition) is 2. The summed E-state index contributed by atoms with van der Waals surface area (Å²) < 4.78 is 0. The summed E-state index contributed by atoms with van der Waals surface area (Å²) in [6.45, 7) is 2.23. The SMILES string of the molecule is C[C@]12C[C@@H]3C[C@](N)(C1)C[C@@](C(=O)O)(C3)C2. The van der Waals surface area contributed by atoms with E-state index in [9.17, 15) is 9.90 Å². The van der Waals surface area contributed by atoms with E-state index in [4.69, 9.17) is 5.73 Å². The van der Waals surface area contributed by atoms with Gasteiger partial charge in [0.25, 0.3) is 0 Å². The fourth-order valence-corrected chi connectivity index (χ4v) is 5.24. The number of hydrogen-bond acceptors (Lipinski definition) is 2. The van der Waals surface area contributed by atoms with Crippen molar-refractivity contribution in [3.8, 4) is 0 Å². The van der Waals surface area contributed by atoms with E-state index in [-0.39, 0.29) is 11.0 Å². The zero-order chi connectivity index (χ0) is 10.9. The van der Waals surface area contributed by atoms with Gasteiger partial charge in [0.05, 0.1) is 5.41 Å². The lowest BCUT2D eigenvalue weighted by Crippen LogP contribution is -2.65. The van der Waals surface area contributed by atoms with Crippen molar-refractivity contribution in [2.24, 2.45) is 22.5 Å². The molecule has 0 saturated heterocycles. The first kappa shape index (κ1) is 9.64.